The van der Waals surface area contributed by atoms with E-state index < -0.39 is 0 Å². The molecule has 0 radical (unpaired) electrons. The van der Waals surface area contributed by atoms with E-state index in [4.69, 9.17) is 14.2 Å². The van der Waals surface area contributed by atoms with Crippen LogP contribution >= 0.6 is 11.8 Å². The lowest BCUT2D eigenvalue weighted by atomic mass is 10.1. The van der Waals surface area contributed by atoms with Crippen molar-refractivity contribution in [2.45, 2.75) is 11.8 Å². The molecule has 4 rings (SSSR count). The van der Waals surface area contributed by atoms with Gasteiger partial charge in [-0.05, 0) is 12.1 Å². The minimum atomic E-state index is -0.348. The van der Waals surface area contributed by atoms with Crippen molar-refractivity contribution in [2.75, 3.05) is 47.5 Å². The van der Waals surface area contributed by atoms with Crippen LogP contribution in [-0.4, -0.2) is 80.1 Å². The summed E-state index contributed by atoms with van der Waals surface area (Å²) in [6.45, 7) is 3.26. The molecular formula is C24H27N3O5S. The minimum Gasteiger partial charge on any atom is -0.493 e. The van der Waals surface area contributed by atoms with E-state index in [-0.39, 0.29) is 17.1 Å². The molecule has 1 saturated heterocycles. The van der Waals surface area contributed by atoms with E-state index in [1.165, 1.54) is 17.8 Å². The maximum atomic E-state index is 12.8. The van der Waals surface area contributed by atoms with Gasteiger partial charge in [-0.25, -0.2) is 4.99 Å². The lowest BCUT2D eigenvalue weighted by Gasteiger charge is -2.34. The molecule has 0 spiro atoms. The van der Waals surface area contributed by atoms with Gasteiger partial charge in [-0.2, -0.15) is 0 Å². The molecule has 174 valence electrons. The van der Waals surface area contributed by atoms with Crippen molar-refractivity contribution in [3.63, 3.8) is 0 Å². The van der Waals surface area contributed by atoms with E-state index >= 15 is 0 Å². The third-order valence-corrected chi connectivity index (χ3v) is 6.97. The number of allylic oxidation sites excluding steroid dienone is 3. The highest BCUT2D eigenvalue weighted by Gasteiger charge is 2.28. The number of hydrogen-bond acceptors (Lipinski definition) is 7. The molecule has 2 aliphatic heterocycles. The summed E-state index contributed by atoms with van der Waals surface area (Å²) >= 11 is 1.38. The van der Waals surface area contributed by atoms with Gasteiger partial charge in [0.05, 0.1) is 37.2 Å². The maximum Gasteiger partial charge on any atom is 0.283 e. The second kappa shape index (κ2) is 10.3. The zero-order chi connectivity index (χ0) is 23.4. The van der Waals surface area contributed by atoms with Crippen molar-refractivity contribution in [1.82, 2.24) is 9.80 Å². The number of thioether (sulfide) groups is 1. The van der Waals surface area contributed by atoms with Gasteiger partial charge in [0.1, 0.15) is 0 Å². The number of fused-ring (bicyclic) bond motifs is 1. The molecule has 1 aromatic carbocycles. The Labute approximate surface area is 197 Å². The molecule has 1 atom stereocenters. The number of aliphatic imine (C=N–C) groups is 1. The predicted molar refractivity (Wildman–Crippen MR) is 128 cm³/mol. The van der Waals surface area contributed by atoms with E-state index in [1.54, 1.807) is 26.2 Å². The number of amides is 2. The van der Waals surface area contributed by atoms with Crippen LogP contribution in [0, 0.1) is 0 Å². The largest absolute Gasteiger partial charge is 0.493 e. The summed E-state index contributed by atoms with van der Waals surface area (Å²) in [6.07, 6.45) is 9.04. The van der Waals surface area contributed by atoms with Gasteiger partial charge in [-0.3, -0.25) is 14.5 Å². The van der Waals surface area contributed by atoms with Gasteiger partial charge in [-0.1, -0.05) is 24.3 Å². The van der Waals surface area contributed by atoms with Gasteiger partial charge in [0, 0.05) is 44.4 Å². The van der Waals surface area contributed by atoms with Crippen molar-refractivity contribution in [2.24, 2.45) is 4.99 Å². The summed E-state index contributed by atoms with van der Waals surface area (Å²) < 4.78 is 16.4. The lowest BCUT2D eigenvalue weighted by Crippen LogP contribution is -2.48. The van der Waals surface area contributed by atoms with Gasteiger partial charge in [0.25, 0.3) is 5.91 Å². The number of piperazine rings is 1. The monoisotopic (exact) mass is 469 g/mol. The van der Waals surface area contributed by atoms with Gasteiger partial charge in [0.2, 0.25) is 11.7 Å². The number of rotatable bonds is 6. The molecule has 1 fully saturated rings. The lowest BCUT2D eigenvalue weighted by molar-refractivity contribution is -0.128. The first-order valence-electron chi connectivity index (χ1n) is 10.7. The molecule has 3 aliphatic rings. The van der Waals surface area contributed by atoms with Crippen LogP contribution < -0.4 is 14.2 Å². The van der Waals surface area contributed by atoms with Gasteiger partial charge >= 0.3 is 0 Å². The van der Waals surface area contributed by atoms with Crippen LogP contribution in [-0.2, 0) is 16.1 Å². The Hall–Kier alpha value is -3.04. The highest BCUT2D eigenvalue weighted by Crippen LogP contribution is 2.40. The Morgan fingerprint density at radius 1 is 1.09 bits per heavy atom. The zero-order valence-corrected chi connectivity index (χ0v) is 19.8. The van der Waals surface area contributed by atoms with Crippen LogP contribution in [0.15, 0.2) is 52.4 Å². The first-order valence-corrected chi connectivity index (χ1v) is 11.6. The molecule has 1 aromatic rings. The van der Waals surface area contributed by atoms with Crippen LogP contribution in [0.3, 0.4) is 0 Å². The van der Waals surface area contributed by atoms with Gasteiger partial charge in [0.15, 0.2) is 11.5 Å². The maximum absolute atomic E-state index is 12.8. The van der Waals surface area contributed by atoms with E-state index in [0.717, 1.165) is 11.3 Å². The van der Waals surface area contributed by atoms with Gasteiger partial charge < -0.3 is 19.1 Å². The molecule has 9 heteroatoms. The fourth-order valence-electron chi connectivity index (χ4n) is 4.03. The molecular weight excluding hydrogens is 442 g/mol. The van der Waals surface area contributed by atoms with E-state index in [9.17, 15) is 9.59 Å². The standard InChI is InChI=1S/C24H27N3O5S/c1-30-18-9-8-16(22(31-2)23(18)32-3)15-26-10-12-27(13-11-26)21(28)14-20-24(29)25-17-6-4-5-7-19(17)33-20/h4-9,14,19H,10-13,15H2,1-3H3/b20-14-. The molecule has 1 aliphatic carbocycles. The Kier molecular flexibility index (Phi) is 7.20. The van der Waals surface area contributed by atoms with E-state index in [1.807, 2.05) is 36.4 Å². The summed E-state index contributed by atoms with van der Waals surface area (Å²) in [4.78, 5) is 33.7. The quantitative estimate of drug-likeness (QED) is 0.592. The highest BCUT2D eigenvalue weighted by atomic mass is 32.2. The number of ether oxygens (including phenoxy) is 3. The van der Waals surface area contributed by atoms with Crippen LogP contribution in [0.5, 0.6) is 17.2 Å². The highest BCUT2D eigenvalue weighted by molar-refractivity contribution is 8.05. The molecule has 2 amide bonds. The summed E-state index contributed by atoms with van der Waals surface area (Å²) in [7, 11) is 4.80. The predicted octanol–water partition coefficient (Wildman–Crippen LogP) is 2.45. The summed E-state index contributed by atoms with van der Waals surface area (Å²) in [5.41, 5.74) is 1.72. The molecule has 0 aromatic heterocycles. The Morgan fingerprint density at radius 3 is 2.55 bits per heavy atom. The van der Waals surface area contributed by atoms with Gasteiger partial charge in [-0.15, -0.1) is 11.8 Å². The number of hydrogen-bond donors (Lipinski definition) is 0. The molecule has 1 unspecified atom stereocenters. The number of methoxy groups -OCH3 is 3. The molecule has 33 heavy (non-hydrogen) atoms. The number of carbonyl (C=O) groups excluding carboxylic acids is 2. The molecule has 8 nitrogen and oxygen atoms in total. The second-order valence-corrected chi connectivity index (χ2v) is 8.91. The fraction of sp³-hybridized carbons (Fsp3) is 0.375. The van der Waals surface area contributed by atoms with Crippen LogP contribution in [0.25, 0.3) is 0 Å². The van der Waals surface area contributed by atoms with E-state index in [0.29, 0.717) is 54.9 Å². The normalized spacial score (nSPS) is 21.6. The van der Waals surface area contributed by atoms with E-state index in [2.05, 4.69) is 9.89 Å². The smallest absolute Gasteiger partial charge is 0.283 e. The minimum absolute atomic E-state index is 0.0138. The number of nitrogens with zero attached hydrogens (tertiary/aromatic N) is 3. The van der Waals surface area contributed by atoms with Crippen molar-refractivity contribution in [3.8, 4) is 17.2 Å². The zero-order valence-electron chi connectivity index (χ0n) is 18.9. The molecule has 0 N–H and O–H groups in total. The molecule has 0 saturated carbocycles. The van der Waals surface area contributed by atoms with Crippen LogP contribution in [0.4, 0.5) is 0 Å². The number of carbonyl (C=O) groups is 2. The summed E-state index contributed by atoms with van der Waals surface area (Å²) in [6, 6.07) is 3.84. The second-order valence-electron chi connectivity index (χ2n) is 7.73. The third kappa shape index (κ3) is 4.99. The van der Waals surface area contributed by atoms with Crippen molar-refractivity contribution < 1.29 is 23.8 Å². The fourth-order valence-corrected chi connectivity index (χ4v) is 5.04. The first-order chi connectivity index (χ1) is 16.0. The number of benzene rings is 1. The van der Waals surface area contributed by atoms with Crippen molar-refractivity contribution in [3.05, 3.63) is 53.0 Å². The average molecular weight is 470 g/mol. The SMILES string of the molecule is COc1ccc(CN2CCN(C(=O)/C=C3\SC4C=CC=CC4=NC3=O)CC2)c(OC)c1OC. The summed E-state index contributed by atoms with van der Waals surface area (Å²) in [5, 5.41) is -0.0138. The van der Waals surface area contributed by atoms with Crippen molar-refractivity contribution in [1.29, 1.82) is 0 Å². The topological polar surface area (TPSA) is 80.7 Å². The van der Waals surface area contributed by atoms with Crippen LogP contribution in [0.1, 0.15) is 5.56 Å². The molecule has 2 heterocycles. The Morgan fingerprint density at radius 2 is 1.85 bits per heavy atom. The third-order valence-electron chi connectivity index (χ3n) is 5.77. The average Bonchev–Trinajstić information content (AvgIpc) is 2.84. The van der Waals surface area contributed by atoms with Crippen LogP contribution in [0.2, 0.25) is 0 Å². The summed E-state index contributed by atoms with van der Waals surface area (Å²) in [5.74, 6) is 1.34. The van der Waals surface area contributed by atoms with Crippen molar-refractivity contribution >= 4 is 29.3 Å². The molecule has 0 bridgehead atoms. The Bertz CT molecular complexity index is 1050. The first kappa shape index (κ1) is 23.1. The Balaban J connectivity index is 1.38.